The van der Waals surface area contributed by atoms with Crippen LogP contribution in [-0.4, -0.2) is 17.3 Å². The van der Waals surface area contributed by atoms with Crippen molar-refractivity contribution in [3.63, 3.8) is 0 Å². The van der Waals surface area contributed by atoms with Gasteiger partial charge in [-0.15, -0.1) is 0 Å². The van der Waals surface area contributed by atoms with Gasteiger partial charge in [0.1, 0.15) is 0 Å². The number of hydrogen-bond acceptors (Lipinski definition) is 3. The van der Waals surface area contributed by atoms with Gasteiger partial charge in [-0.3, -0.25) is 0 Å². The highest BCUT2D eigenvalue weighted by Crippen LogP contribution is 2.17. The predicted molar refractivity (Wildman–Crippen MR) is 46.2 cm³/mol. The maximum Gasteiger partial charge on any atom is 0.0986 e. The fourth-order valence-corrected chi connectivity index (χ4v) is 0.557. The molecule has 0 heterocycles. The van der Waals surface area contributed by atoms with Crippen LogP contribution in [0, 0.1) is 17.2 Å². The van der Waals surface area contributed by atoms with Crippen molar-refractivity contribution in [2.45, 2.75) is 26.4 Å². The number of rotatable bonds is 4. The maximum absolute atomic E-state index is 9.62. The van der Waals surface area contributed by atoms with Crippen molar-refractivity contribution in [3.05, 3.63) is 12.3 Å². The molecule has 3 nitrogen and oxygen atoms in total. The van der Waals surface area contributed by atoms with E-state index < -0.39 is 11.5 Å². The number of ether oxygens (including phenoxy) is 1. The molecular weight excluding hydrogens is 154 g/mol. The van der Waals surface area contributed by atoms with Gasteiger partial charge < -0.3 is 9.84 Å². The Bertz CT molecular complexity index is 191. The molecule has 3 heteroatoms. The van der Waals surface area contributed by atoms with Gasteiger partial charge in [-0.25, -0.2) is 0 Å². The molecule has 0 saturated heterocycles. The first-order chi connectivity index (χ1) is 5.54. The van der Waals surface area contributed by atoms with Gasteiger partial charge in [-0.05, 0) is 26.8 Å². The van der Waals surface area contributed by atoms with Gasteiger partial charge in [0, 0.05) is 0 Å². The Morgan fingerprint density at radius 2 is 2.33 bits per heavy atom. The summed E-state index contributed by atoms with van der Waals surface area (Å²) < 4.78 is 4.91. The molecule has 0 aliphatic heterocycles. The summed E-state index contributed by atoms with van der Waals surface area (Å²) in [6.45, 7) is 5.66. The highest BCUT2D eigenvalue weighted by molar-refractivity contribution is 5.05. The van der Waals surface area contributed by atoms with Crippen LogP contribution in [0.5, 0.6) is 0 Å². The fraction of sp³-hybridized carbons (Fsp3) is 0.667. The van der Waals surface area contributed by atoms with Crippen molar-refractivity contribution in [2.75, 3.05) is 6.61 Å². The van der Waals surface area contributed by atoms with E-state index in [0.29, 0.717) is 6.61 Å². The Balaban J connectivity index is 4.13. The van der Waals surface area contributed by atoms with Gasteiger partial charge in [0.25, 0.3) is 0 Å². The molecule has 0 spiro atoms. The molecule has 0 aromatic rings. The number of hydrogen-bond donors (Lipinski definition) is 1. The highest BCUT2D eigenvalue weighted by atomic mass is 16.5. The molecule has 0 saturated carbocycles. The fourth-order valence-electron chi connectivity index (χ4n) is 0.557. The average molecular weight is 169 g/mol. The van der Waals surface area contributed by atoms with Crippen molar-refractivity contribution in [2.24, 2.45) is 5.92 Å². The largest absolute Gasteiger partial charge is 0.502 e. The first kappa shape index (κ1) is 11.0. The van der Waals surface area contributed by atoms with Crippen LogP contribution in [0.25, 0.3) is 0 Å². The standard InChI is InChI=1S/C9H15NO2/c1-4-12-6-5-9(3,11)8(2)7-10/h5-6,8,11H,4H2,1-3H3/b6-5+. The van der Waals surface area contributed by atoms with Gasteiger partial charge in [0.05, 0.1) is 30.5 Å². The van der Waals surface area contributed by atoms with Crippen molar-refractivity contribution in [1.82, 2.24) is 0 Å². The van der Waals surface area contributed by atoms with E-state index in [1.807, 2.05) is 13.0 Å². The molecule has 0 aliphatic rings. The molecule has 68 valence electrons. The normalized spacial score (nSPS) is 18.2. The Morgan fingerprint density at radius 3 is 2.75 bits per heavy atom. The molecule has 0 aromatic heterocycles. The monoisotopic (exact) mass is 169 g/mol. The molecule has 1 N–H and O–H groups in total. The molecule has 2 unspecified atom stereocenters. The van der Waals surface area contributed by atoms with Crippen molar-refractivity contribution in [3.8, 4) is 6.07 Å². The summed E-state index contributed by atoms with van der Waals surface area (Å²) in [5, 5.41) is 18.2. The van der Waals surface area contributed by atoms with E-state index in [9.17, 15) is 5.11 Å². The minimum Gasteiger partial charge on any atom is -0.502 e. The van der Waals surface area contributed by atoms with E-state index in [2.05, 4.69) is 0 Å². The van der Waals surface area contributed by atoms with Crippen LogP contribution in [0.2, 0.25) is 0 Å². The second-order valence-corrected chi connectivity index (χ2v) is 2.83. The third-order valence-electron chi connectivity index (χ3n) is 1.74. The number of nitriles is 1. The van der Waals surface area contributed by atoms with Gasteiger partial charge in [0.2, 0.25) is 0 Å². The molecule has 0 aliphatic carbocycles. The van der Waals surface area contributed by atoms with Gasteiger partial charge in [0.15, 0.2) is 0 Å². The lowest BCUT2D eigenvalue weighted by Crippen LogP contribution is -2.29. The van der Waals surface area contributed by atoms with Crippen LogP contribution in [0.3, 0.4) is 0 Å². The zero-order valence-corrected chi connectivity index (χ0v) is 7.74. The number of aliphatic hydroxyl groups is 1. The van der Waals surface area contributed by atoms with Gasteiger partial charge in [-0.1, -0.05) is 0 Å². The lowest BCUT2D eigenvalue weighted by Gasteiger charge is -2.20. The van der Waals surface area contributed by atoms with E-state index in [1.165, 1.54) is 12.3 Å². The molecule has 0 bridgehead atoms. The second kappa shape index (κ2) is 4.78. The molecule has 12 heavy (non-hydrogen) atoms. The van der Waals surface area contributed by atoms with E-state index in [0.717, 1.165) is 0 Å². The Morgan fingerprint density at radius 1 is 1.75 bits per heavy atom. The quantitative estimate of drug-likeness (QED) is 0.648. The van der Waals surface area contributed by atoms with Crippen LogP contribution in [-0.2, 0) is 4.74 Å². The maximum atomic E-state index is 9.62. The van der Waals surface area contributed by atoms with E-state index in [1.54, 1.807) is 13.8 Å². The lowest BCUT2D eigenvalue weighted by molar-refractivity contribution is 0.0737. The smallest absolute Gasteiger partial charge is 0.0986 e. The molecule has 0 amide bonds. The summed E-state index contributed by atoms with van der Waals surface area (Å²) in [6, 6.07) is 1.98. The minimum absolute atomic E-state index is 0.436. The van der Waals surface area contributed by atoms with Gasteiger partial charge in [-0.2, -0.15) is 5.26 Å². The number of nitrogens with zero attached hydrogens (tertiary/aromatic N) is 1. The van der Waals surface area contributed by atoms with Gasteiger partial charge >= 0.3 is 0 Å². The topological polar surface area (TPSA) is 53.2 Å². The SMILES string of the molecule is CCO/C=C/C(C)(O)C(C)C#N. The zero-order valence-electron chi connectivity index (χ0n) is 7.74. The van der Waals surface area contributed by atoms with Crippen molar-refractivity contribution < 1.29 is 9.84 Å². The predicted octanol–water partition coefficient (Wildman–Crippen LogP) is 1.45. The Kier molecular flexibility index (Phi) is 4.38. The first-order valence-corrected chi connectivity index (χ1v) is 3.96. The molecule has 0 aromatic carbocycles. The van der Waals surface area contributed by atoms with Crippen LogP contribution < -0.4 is 0 Å². The summed E-state index contributed by atoms with van der Waals surface area (Å²) >= 11 is 0. The van der Waals surface area contributed by atoms with Crippen molar-refractivity contribution in [1.29, 1.82) is 5.26 Å². The van der Waals surface area contributed by atoms with E-state index in [-0.39, 0.29) is 0 Å². The van der Waals surface area contributed by atoms with E-state index in [4.69, 9.17) is 10.00 Å². The van der Waals surface area contributed by atoms with Crippen LogP contribution in [0.1, 0.15) is 20.8 Å². The summed E-state index contributed by atoms with van der Waals surface area (Å²) in [7, 11) is 0. The first-order valence-electron chi connectivity index (χ1n) is 3.96. The summed E-state index contributed by atoms with van der Waals surface area (Å²) in [6.07, 6.45) is 2.91. The molecule has 0 rings (SSSR count). The van der Waals surface area contributed by atoms with Crippen LogP contribution in [0.4, 0.5) is 0 Å². The Hall–Kier alpha value is -1.01. The average Bonchev–Trinajstić information content (AvgIpc) is 2.03. The third-order valence-corrected chi connectivity index (χ3v) is 1.74. The molecular formula is C9H15NO2. The molecule has 0 radical (unpaired) electrons. The Labute approximate surface area is 73.3 Å². The summed E-state index contributed by atoms with van der Waals surface area (Å²) in [4.78, 5) is 0. The van der Waals surface area contributed by atoms with Crippen LogP contribution in [0.15, 0.2) is 12.3 Å². The summed E-state index contributed by atoms with van der Waals surface area (Å²) in [5.74, 6) is -0.436. The lowest BCUT2D eigenvalue weighted by atomic mass is 9.92. The molecule has 2 atom stereocenters. The zero-order chi connectivity index (χ0) is 9.61. The summed E-state index contributed by atoms with van der Waals surface area (Å²) in [5.41, 5.74) is -1.11. The molecule has 0 fully saturated rings. The van der Waals surface area contributed by atoms with Crippen molar-refractivity contribution >= 4 is 0 Å². The highest BCUT2D eigenvalue weighted by Gasteiger charge is 2.24. The van der Waals surface area contributed by atoms with Crippen LogP contribution >= 0.6 is 0 Å². The minimum atomic E-state index is -1.11. The third kappa shape index (κ3) is 3.40. The second-order valence-electron chi connectivity index (χ2n) is 2.83. The van der Waals surface area contributed by atoms with E-state index >= 15 is 0 Å².